The second-order valence-electron chi connectivity index (χ2n) is 4.27. The van der Waals surface area contributed by atoms with E-state index in [1.165, 1.54) is 0 Å². The number of ether oxygens (including phenoxy) is 1. The third-order valence-corrected chi connectivity index (χ3v) is 2.81. The molecule has 0 heterocycles. The zero-order chi connectivity index (χ0) is 14.4. The highest BCUT2D eigenvalue weighted by atomic mass is 35.5. The molecule has 0 aromatic heterocycles. The van der Waals surface area contributed by atoms with Crippen molar-refractivity contribution in [3.05, 3.63) is 28.8 Å². The number of carboxylic acid groups (broad SMARTS) is 1. The lowest BCUT2D eigenvalue weighted by Gasteiger charge is -2.12. The van der Waals surface area contributed by atoms with E-state index >= 15 is 0 Å². The Morgan fingerprint density at radius 2 is 2.16 bits per heavy atom. The number of rotatable bonds is 6. The smallest absolute Gasteiger partial charge is 0.305 e. The minimum atomic E-state index is -0.956. The molecule has 104 valence electrons. The Morgan fingerprint density at radius 1 is 1.47 bits per heavy atom. The second-order valence-corrected chi connectivity index (χ2v) is 4.67. The Hall–Kier alpha value is -1.75. The van der Waals surface area contributed by atoms with Gasteiger partial charge in [-0.05, 0) is 37.6 Å². The van der Waals surface area contributed by atoms with Gasteiger partial charge >= 0.3 is 5.97 Å². The van der Waals surface area contributed by atoms with Crippen LogP contribution in [0.15, 0.2) is 18.2 Å². The second kappa shape index (κ2) is 6.99. The third kappa shape index (κ3) is 5.61. The van der Waals surface area contributed by atoms with E-state index in [0.717, 1.165) is 5.56 Å². The van der Waals surface area contributed by atoms with E-state index in [2.05, 4.69) is 5.32 Å². The van der Waals surface area contributed by atoms with E-state index < -0.39 is 12.0 Å². The van der Waals surface area contributed by atoms with E-state index in [9.17, 15) is 9.59 Å². The zero-order valence-corrected chi connectivity index (χ0v) is 11.5. The molecule has 0 fully saturated rings. The van der Waals surface area contributed by atoms with Gasteiger partial charge in [0, 0.05) is 11.1 Å². The van der Waals surface area contributed by atoms with Crippen LogP contribution in [0.4, 0.5) is 0 Å². The molecule has 0 saturated carbocycles. The standard InChI is InChI=1S/C13H16ClNO4/c1-8-5-10(3-4-11(8)14)19-7-12(16)15-9(2)6-13(17)18/h3-5,9H,6-7H2,1-2H3,(H,15,16)(H,17,18). The number of aryl methyl sites for hydroxylation is 1. The highest BCUT2D eigenvalue weighted by molar-refractivity contribution is 6.31. The summed E-state index contributed by atoms with van der Waals surface area (Å²) in [4.78, 5) is 21.9. The maximum atomic E-state index is 11.5. The van der Waals surface area contributed by atoms with Crippen molar-refractivity contribution in [3.8, 4) is 5.75 Å². The van der Waals surface area contributed by atoms with Gasteiger partial charge in [-0.2, -0.15) is 0 Å². The number of hydrogen-bond acceptors (Lipinski definition) is 3. The van der Waals surface area contributed by atoms with Crippen molar-refractivity contribution in [2.24, 2.45) is 0 Å². The highest BCUT2D eigenvalue weighted by Gasteiger charge is 2.11. The number of carbonyl (C=O) groups is 2. The quantitative estimate of drug-likeness (QED) is 0.838. The lowest BCUT2D eigenvalue weighted by atomic mass is 10.2. The van der Waals surface area contributed by atoms with E-state index in [4.69, 9.17) is 21.4 Å². The summed E-state index contributed by atoms with van der Waals surface area (Å²) in [5, 5.41) is 11.7. The van der Waals surface area contributed by atoms with Crippen LogP contribution in [-0.2, 0) is 9.59 Å². The number of nitrogens with one attached hydrogen (secondary N) is 1. The molecule has 0 saturated heterocycles. The normalized spacial score (nSPS) is 11.7. The Balaban J connectivity index is 2.41. The molecule has 5 nitrogen and oxygen atoms in total. The highest BCUT2D eigenvalue weighted by Crippen LogP contribution is 2.20. The van der Waals surface area contributed by atoms with Crippen molar-refractivity contribution in [1.82, 2.24) is 5.32 Å². The minimum absolute atomic E-state index is 0.119. The lowest BCUT2D eigenvalue weighted by Crippen LogP contribution is -2.37. The lowest BCUT2D eigenvalue weighted by molar-refractivity contribution is -0.137. The molecule has 0 aliphatic carbocycles. The van der Waals surface area contributed by atoms with Crippen molar-refractivity contribution >= 4 is 23.5 Å². The third-order valence-electron chi connectivity index (χ3n) is 2.39. The maximum absolute atomic E-state index is 11.5. The fourth-order valence-corrected chi connectivity index (χ4v) is 1.60. The van der Waals surface area contributed by atoms with Gasteiger partial charge in [0.25, 0.3) is 5.91 Å². The van der Waals surface area contributed by atoms with Crippen LogP contribution < -0.4 is 10.1 Å². The molecule has 0 aliphatic rings. The predicted octanol–water partition coefficient (Wildman–Crippen LogP) is 2.01. The summed E-state index contributed by atoms with van der Waals surface area (Å²) in [6.07, 6.45) is -0.119. The number of halogens is 1. The van der Waals surface area contributed by atoms with E-state index in [-0.39, 0.29) is 18.9 Å². The van der Waals surface area contributed by atoms with Crippen LogP contribution in [0.1, 0.15) is 18.9 Å². The number of carbonyl (C=O) groups excluding carboxylic acids is 1. The van der Waals surface area contributed by atoms with E-state index in [0.29, 0.717) is 10.8 Å². The van der Waals surface area contributed by atoms with Crippen LogP contribution in [0, 0.1) is 6.92 Å². The Bertz CT molecular complexity index is 476. The molecule has 1 amide bonds. The Morgan fingerprint density at radius 3 is 2.74 bits per heavy atom. The predicted molar refractivity (Wildman–Crippen MR) is 71.5 cm³/mol. The van der Waals surface area contributed by atoms with Crippen LogP contribution in [0.2, 0.25) is 5.02 Å². The first-order chi connectivity index (χ1) is 8.88. The van der Waals surface area contributed by atoms with Gasteiger partial charge < -0.3 is 15.2 Å². The average Bonchev–Trinajstić information content (AvgIpc) is 2.29. The number of aliphatic carboxylic acids is 1. The van der Waals surface area contributed by atoms with Crippen molar-refractivity contribution in [3.63, 3.8) is 0 Å². The fourth-order valence-electron chi connectivity index (χ4n) is 1.49. The molecule has 0 aliphatic heterocycles. The molecule has 19 heavy (non-hydrogen) atoms. The van der Waals surface area contributed by atoms with E-state index in [1.807, 2.05) is 6.92 Å². The van der Waals surface area contributed by atoms with Crippen molar-refractivity contribution in [2.45, 2.75) is 26.3 Å². The van der Waals surface area contributed by atoms with Gasteiger partial charge in [0.2, 0.25) is 0 Å². The van der Waals surface area contributed by atoms with Gasteiger partial charge in [0.1, 0.15) is 5.75 Å². The molecule has 2 N–H and O–H groups in total. The molecule has 1 rings (SSSR count). The number of amides is 1. The van der Waals surface area contributed by atoms with Gasteiger partial charge in [0.05, 0.1) is 6.42 Å². The van der Waals surface area contributed by atoms with Gasteiger partial charge in [-0.1, -0.05) is 11.6 Å². The SMILES string of the molecule is Cc1cc(OCC(=O)NC(C)CC(=O)O)ccc1Cl. The van der Waals surface area contributed by atoms with Crippen LogP contribution in [0.25, 0.3) is 0 Å². The molecule has 1 aromatic rings. The first-order valence-corrected chi connectivity index (χ1v) is 6.16. The largest absolute Gasteiger partial charge is 0.484 e. The van der Waals surface area contributed by atoms with Crippen LogP contribution in [0.5, 0.6) is 5.75 Å². The first kappa shape index (κ1) is 15.3. The summed E-state index contributed by atoms with van der Waals surface area (Å²) >= 11 is 5.87. The number of hydrogen-bond donors (Lipinski definition) is 2. The van der Waals surface area contributed by atoms with Gasteiger partial charge in [-0.15, -0.1) is 0 Å². The minimum Gasteiger partial charge on any atom is -0.484 e. The summed E-state index contributed by atoms with van der Waals surface area (Å²) in [6, 6.07) is 4.66. The molecule has 0 bridgehead atoms. The van der Waals surface area contributed by atoms with Crippen LogP contribution in [-0.4, -0.2) is 29.6 Å². The molecule has 1 unspecified atom stereocenters. The summed E-state index contributed by atoms with van der Waals surface area (Å²) < 4.78 is 5.29. The fraction of sp³-hybridized carbons (Fsp3) is 0.385. The summed E-state index contributed by atoms with van der Waals surface area (Å²) in [6.45, 7) is 3.30. The van der Waals surface area contributed by atoms with Gasteiger partial charge in [-0.25, -0.2) is 0 Å². The Labute approximate surface area is 116 Å². The zero-order valence-electron chi connectivity index (χ0n) is 10.8. The van der Waals surface area contributed by atoms with Crippen LogP contribution in [0.3, 0.4) is 0 Å². The number of benzene rings is 1. The molecular weight excluding hydrogens is 270 g/mol. The molecular formula is C13H16ClNO4. The average molecular weight is 286 g/mol. The van der Waals surface area contributed by atoms with Crippen molar-refractivity contribution in [2.75, 3.05) is 6.61 Å². The number of carboxylic acids is 1. The van der Waals surface area contributed by atoms with Gasteiger partial charge in [-0.3, -0.25) is 9.59 Å². The summed E-state index contributed by atoms with van der Waals surface area (Å²) in [7, 11) is 0. The van der Waals surface area contributed by atoms with Gasteiger partial charge in [0.15, 0.2) is 6.61 Å². The topological polar surface area (TPSA) is 75.6 Å². The maximum Gasteiger partial charge on any atom is 0.305 e. The summed E-state index contributed by atoms with van der Waals surface area (Å²) in [5.41, 5.74) is 0.860. The van der Waals surface area contributed by atoms with Crippen molar-refractivity contribution < 1.29 is 19.4 Å². The summed E-state index contributed by atoms with van der Waals surface area (Å²) in [5.74, 6) is -0.772. The molecule has 1 atom stereocenters. The molecule has 1 aromatic carbocycles. The van der Waals surface area contributed by atoms with E-state index in [1.54, 1.807) is 25.1 Å². The molecule has 0 radical (unpaired) electrons. The molecule has 6 heteroatoms. The monoisotopic (exact) mass is 285 g/mol. The van der Waals surface area contributed by atoms with Crippen molar-refractivity contribution in [1.29, 1.82) is 0 Å². The molecule has 0 spiro atoms. The van der Waals surface area contributed by atoms with Crippen LogP contribution >= 0.6 is 11.6 Å². The Kier molecular flexibility index (Phi) is 5.63. The first-order valence-electron chi connectivity index (χ1n) is 5.78.